The van der Waals surface area contributed by atoms with E-state index in [1.807, 2.05) is 6.92 Å². The van der Waals surface area contributed by atoms with Crippen LogP contribution in [0.3, 0.4) is 0 Å². The van der Waals surface area contributed by atoms with Gasteiger partial charge in [0.25, 0.3) is 0 Å². The van der Waals surface area contributed by atoms with E-state index in [2.05, 4.69) is 19.2 Å². The highest BCUT2D eigenvalue weighted by molar-refractivity contribution is 7.89. The Morgan fingerprint density at radius 3 is 2.61 bits per heavy atom. The first kappa shape index (κ1) is 15.9. The Morgan fingerprint density at radius 1 is 1.44 bits per heavy atom. The van der Waals surface area contributed by atoms with Crippen LogP contribution < -0.4 is 10.5 Å². The molecule has 108 valence electrons. The first-order valence-corrected chi connectivity index (χ1v) is 8.40. The van der Waals surface area contributed by atoms with Crippen LogP contribution in [0, 0.1) is 5.41 Å². The van der Waals surface area contributed by atoms with Crippen molar-refractivity contribution in [3.05, 3.63) is 0 Å². The third-order valence-corrected chi connectivity index (χ3v) is 4.97. The maximum absolute atomic E-state index is 10.8. The summed E-state index contributed by atoms with van der Waals surface area (Å²) in [4.78, 5) is 0. The molecule has 0 spiro atoms. The second-order valence-corrected chi connectivity index (χ2v) is 7.00. The fourth-order valence-corrected chi connectivity index (χ4v) is 3.16. The summed E-state index contributed by atoms with van der Waals surface area (Å²) in [6.45, 7) is 7.86. The molecule has 0 saturated heterocycles. The summed E-state index contributed by atoms with van der Waals surface area (Å²) in [6, 6.07) is 0.416. The summed E-state index contributed by atoms with van der Waals surface area (Å²) in [5.41, 5.74) is 0.164. The topological polar surface area (TPSA) is 81.4 Å². The molecule has 18 heavy (non-hydrogen) atoms. The SMILES string of the molecule is CCOC1CC(NCCCS(N)(=O)=O)C1(C)CC. The Bertz CT molecular complexity index is 358. The highest BCUT2D eigenvalue weighted by Crippen LogP contribution is 2.45. The lowest BCUT2D eigenvalue weighted by atomic mass is 9.61. The molecule has 0 radical (unpaired) electrons. The quantitative estimate of drug-likeness (QED) is 0.645. The molecule has 0 amide bonds. The van der Waals surface area contributed by atoms with E-state index in [0.29, 0.717) is 25.1 Å². The number of sulfonamides is 1. The number of nitrogens with one attached hydrogen (secondary N) is 1. The zero-order valence-electron chi connectivity index (χ0n) is 11.6. The number of rotatable bonds is 8. The first-order chi connectivity index (χ1) is 8.33. The maximum atomic E-state index is 10.8. The van der Waals surface area contributed by atoms with E-state index in [1.165, 1.54) is 0 Å². The molecule has 0 aromatic heterocycles. The molecule has 6 heteroatoms. The number of nitrogens with two attached hydrogens (primary N) is 1. The molecule has 3 N–H and O–H groups in total. The van der Waals surface area contributed by atoms with Crippen molar-refractivity contribution in [2.45, 2.75) is 52.2 Å². The molecule has 1 rings (SSSR count). The Labute approximate surface area is 111 Å². The van der Waals surface area contributed by atoms with Crippen molar-refractivity contribution in [2.24, 2.45) is 10.6 Å². The van der Waals surface area contributed by atoms with Crippen molar-refractivity contribution in [1.82, 2.24) is 5.32 Å². The van der Waals surface area contributed by atoms with Crippen LogP contribution in [-0.2, 0) is 14.8 Å². The van der Waals surface area contributed by atoms with Crippen LogP contribution >= 0.6 is 0 Å². The molecule has 3 unspecified atom stereocenters. The monoisotopic (exact) mass is 278 g/mol. The minimum atomic E-state index is -3.33. The number of primary sulfonamides is 1. The van der Waals surface area contributed by atoms with Gasteiger partial charge in [-0.3, -0.25) is 0 Å². The van der Waals surface area contributed by atoms with Crippen LogP contribution in [-0.4, -0.2) is 39.5 Å². The fourth-order valence-electron chi connectivity index (χ4n) is 2.62. The molecule has 0 bridgehead atoms. The van der Waals surface area contributed by atoms with Gasteiger partial charge in [0.1, 0.15) is 0 Å². The van der Waals surface area contributed by atoms with Crippen LogP contribution in [0.5, 0.6) is 0 Å². The van der Waals surface area contributed by atoms with Crippen LogP contribution in [0.15, 0.2) is 0 Å². The summed E-state index contributed by atoms with van der Waals surface area (Å²) in [7, 11) is -3.33. The highest BCUT2D eigenvalue weighted by atomic mass is 32.2. The van der Waals surface area contributed by atoms with E-state index >= 15 is 0 Å². The molecule has 0 aromatic rings. The summed E-state index contributed by atoms with van der Waals surface area (Å²) in [5, 5.41) is 8.39. The summed E-state index contributed by atoms with van der Waals surface area (Å²) in [5.74, 6) is 0.0461. The van der Waals surface area contributed by atoms with Gasteiger partial charge in [0.15, 0.2) is 0 Å². The molecule has 3 atom stereocenters. The van der Waals surface area contributed by atoms with Crippen LogP contribution in [0.2, 0.25) is 0 Å². The fraction of sp³-hybridized carbons (Fsp3) is 1.00. The van der Waals surface area contributed by atoms with E-state index in [9.17, 15) is 8.42 Å². The van der Waals surface area contributed by atoms with Gasteiger partial charge in [-0.15, -0.1) is 0 Å². The third kappa shape index (κ3) is 3.91. The minimum Gasteiger partial charge on any atom is -0.378 e. The predicted molar refractivity (Wildman–Crippen MR) is 72.8 cm³/mol. The van der Waals surface area contributed by atoms with Crippen LogP contribution in [0.25, 0.3) is 0 Å². The van der Waals surface area contributed by atoms with Gasteiger partial charge in [0.05, 0.1) is 11.9 Å². The smallest absolute Gasteiger partial charge is 0.209 e. The van der Waals surface area contributed by atoms with Gasteiger partial charge in [-0.2, -0.15) is 0 Å². The highest BCUT2D eigenvalue weighted by Gasteiger charge is 2.50. The molecular weight excluding hydrogens is 252 g/mol. The van der Waals surface area contributed by atoms with Gasteiger partial charge >= 0.3 is 0 Å². The van der Waals surface area contributed by atoms with Crippen molar-refractivity contribution in [2.75, 3.05) is 18.9 Å². The van der Waals surface area contributed by atoms with Crippen molar-refractivity contribution in [3.8, 4) is 0 Å². The lowest BCUT2D eigenvalue weighted by molar-refractivity contribution is -0.125. The molecular formula is C12H26N2O3S. The standard InChI is InChI=1S/C12H26N2O3S/c1-4-12(3)10(9-11(12)17-5-2)14-7-6-8-18(13,15)16/h10-11,14H,4-9H2,1-3H3,(H2,13,15,16). The van der Waals surface area contributed by atoms with E-state index in [4.69, 9.17) is 9.88 Å². The third-order valence-electron chi connectivity index (χ3n) is 4.11. The lowest BCUT2D eigenvalue weighted by Crippen LogP contribution is -2.62. The van der Waals surface area contributed by atoms with Gasteiger partial charge in [0.2, 0.25) is 10.0 Å². The van der Waals surface area contributed by atoms with Crippen LogP contribution in [0.1, 0.15) is 40.0 Å². The van der Waals surface area contributed by atoms with Crippen molar-refractivity contribution in [1.29, 1.82) is 0 Å². The van der Waals surface area contributed by atoms with Gasteiger partial charge in [-0.05, 0) is 32.7 Å². The van der Waals surface area contributed by atoms with Gasteiger partial charge in [-0.1, -0.05) is 13.8 Å². The Balaban J connectivity index is 2.32. The summed E-state index contributed by atoms with van der Waals surface area (Å²) >= 11 is 0. The number of ether oxygens (including phenoxy) is 1. The average Bonchev–Trinajstić information content (AvgIpc) is 2.29. The molecule has 1 aliphatic rings. The zero-order valence-corrected chi connectivity index (χ0v) is 12.4. The normalized spacial score (nSPS) is 32.2. The Kier molecular flexibility index (Phi) is 5.58. The second kappa shape index (κ2) is 6.32. The van der Waals surface area contributed by atoms with Crippen molar-refractivity contribution >= 4 is 10.0 Å². The molecule has 1 aliphatic carbocycles. The second-order valence-electron chi connectivity index (χ2n) is 5.27. The lowest BCUT2D eigenvalue weighted by Gasteiger charge is -2.53. The Morgan fingerprint density at radius 2 is 2.11 bits per heavy atom. The van der Waals surface area contributed by atoms with E-state index in [0.717, 1.165) is 19.4 Å². The maximum Gasteiger partial charge on any atom is 0.209 e. The van der Waals surface area contributed by atoms with Crippen molar-refractivity contribution in [3.63, 3.8) is 0 Å². The number of hydrogen-bond acceptors (Lipinski definition) is 4. The van der Waals surface area contributed by atoms with E-state index in [-0.39, 0.29) is 11.2 Å². The molecule has 0 heterocycles. The largest absolute Gasteiger partial charge is 0.378 e. The van der Waals surface area contributed by atoms with E-state index in [1.54, 1.807) is 0 Å². The molecule has 1 saturated carbocycles. The molecule has 1 fully saturated rings. The molecule has 0 aromatic carbocycles. The van der Waals surface area contributed by atoms with Gasteiger partial charge in [-0.25, -0.2) is 13.6 Å². The zero-order chi connectivity index (χ0) is 13.8. The summed E-state index contributed by atoms with van der Waals surface area (Å²) < 4.78 is 27.3. The molecule has 0 aliphatic heterocycles. The van der Waals surface area contributed by atoms with Crippen LogP contribution in [0.4, 0.5) is 0 Å². The number of hydrogen-bond donors (Lipinski definition) is 2. The van der Waals surface area contributed by atoms with E-state index < -0.39 is 10.0 Å². The first-order valence-electron chi connectivity index (χ1n) is 6.69. The molecule has 5 nitrogen and oxygen atoms in total. The van der Waals surface area contributed by atoms with Gasteiger partial charge < -0.3 is 10.1 Å². The average molecular weight is 278 g/mol. The van der Waals surface area contributed by atoms with Gasteiger partial charge in [0, 0.05) is 18.1 Å². The minimum absolute atomic E-state index is 0.0461. The predicted octanol–water partition coefficient (Wildman–Crippen LogP) is 0.848. The summed E-state index contributed by atoms with van der Waals surface area (Å²) in [6.07, 6.45) is 2.95. The van der Waals surface area contributed by atoms with Crippen molar-refractivity contribution < 1.29 is 13.2 Å². The Hall–Kier alpha value is -0.170.